The first kappa shape index (κ1) is 20.4. The first-order valence-electron chi connectivity index (χ1n) is 11.5. The highest BCUT2D eigenvalue weighted by atomic mass is 127. The molecule has 0 unspecified atom stereocenters. The molecule has 0 aliphatic carbocycles. The van der Waals surface area contributed by atoms with Crippen LogP contribution in [0.1, 0.15) is 44.1 Å². The molecule has 3 aliphatic heterocycles. The fraction of sp³-hybridized carbons (Fsp3) is 0.462. The second-order valence-electron chi connectivity index (χ2n) is 8.77. The highest BCUT2D eigenvalue weighted by Crippen LogP contribution is 2.27. The van der Waals surface area contributed by atoms with E-state index in [0.29, 0.717) is 0 Å². The van der Waals surface area contributed by atoms with Gasteiger partial charge in [0.2, 0.25) is 0 Å². The number of nitrogens with zero attached hydrogens (tertiary/aromatic N) is 2. The predicted octanol–water partition coefficient (Wildman–Crippen LogP) is 3.96. The maximum absolute atomic E-state index is 6.20. The molecule has 158 valence electrons. The van der Waals surface area contributed by atoms with Crippen molar-refractivity contribution in [2.75, 3.05) is 39.3 Å². The minimum atomic E-state index is 0.808. The van der Waals surface area contributed by atoms with Crippen molar-refractivity contribution < 1.29 is 4.74 Å². The minimum absolute atomic E-state index is 0.808. The molecule has 2 fully saturated rings. The molecule has 0 saturated carbocycles. The van der Waals surface area contributed by atoms with Gasteiger partial charge in [0.25, 0.3) is 0 Å². The third kappa shape index (κ3) is 4.40. The summed E-state index contributed by atoms with van der Waals surface area (Å²) in [6, 6.07) is 15.7. The van der Waals surface area contributed by atoms with Crippen molar-refractivity contribution in [3.05, 3.63) is 62.0 Å². The molecule has 2 aromatic rings. The van der Waals surface area contributed by atoms with E-state index in [1.54, 1.807) is 0 Å². The van der Waals surface area contributed by atoms with Crippen molar-refractivity contribution in [3.63, 3.8) is 0 Å². The van der Waals surface area contributed by atoms with Crippen LogP contribution in [0.3, 0.4) is 0 Å². The molecule has 5 rings (SSSR count). The molecule has 2 saturated heterocycles. The summed E-state index contributed by atoms with van der Waals surface area (Å²) in [6.45, 7) is 6.71. The Kier molecular flexibility index (Phi) is 6.32. The maximum Gasteiger partial charge on any atom is 0.119 e. The van der Waals surface area contributed by atoms with Crippen molar-refractivity contribution >= 4 is 33.9 Å². The molecule has 0 spiro atoms. The number of rotatable bonds is 6. The van der Waals surface area contributed by atoms with Gasteiger partial charge in [0, 0.05) is 34.1 Å². The standard InChI is InChI=1S/C26H31IN2O/c27-21-9-7-20(8-10-21)25-19-29-16-4-6-26(29)24-18-22(11-12-23(24)25)30-17-5-15-28-13-2-1-3-14-28/h7-12,18H,1-6,13-17,19H2. The van der Waals surface area contributed by atoms with Gasteiger partial charge in [0.15, 0.2) is 0 Å². The van der Waals surface area contributed by atoms with Crippen molar-refractivity contribution in [3.8, 4) is 5.75 Å². The second-order valence-corrected chi connectivity index (χ2v) is 10.0. The fourth-order valence-electron chi connectivity index (χ4n) is 5.16. The monoisotopic (exact) mass is 514 g/mol. The van der Waals surface area contributed by atoms with Gasteiger partial charge in [-0.1, -0.05) is 24.6 Å². The van der Waals surface area contributed by atoms with E-state index in [4.69, 9.17) is 4.74 Å². The van der Waals surface area contributed by atoms with Gasteiger partial charge in [-0.05, 0) is 108 Å². The quantitative estimate of drug-likeness (QED) is 0.429. The van der Waals surface area contributed by atoms with Gasteiger partial charge < -0.3 is 14.5 Å². The average molecular weight is 514 g/mol. The fourth-order valence-corrected chi connectivity index (χ4v) is 5.52. The van der Waals surface area contributed by atoms with Gasteiger partial charge in [0.1, 0.15) is 5.75 Å². The lowest BCUT2D eigenvalue weighted by Crippen LogP contribution is -2.41. The number of fused-ring (bicyclic) bond motifs is 2. The lowest BCUT2D eigenvalue weighted by atomic mass is 9.97. The van der Waals surface area contributed by atoms with Crippen LogP contribution in [0.5, 0.6) is 5.75 Å². The lowest BCUT2D eigenvalue weighted by Gasteiger charge is -2.27. The summed E-state index contributed by atoms with van der Waals surface area (Å²) >= 11 is 2.38. The van der Waals surface area contributed by atoms with Gasteiger partial charge in [-0.25, -0.2) is 0 Å². The van der Waals surface area contributed by atoms with Crippen molar-refractivity contribution in [1.82, 2.24) is 9.80 Å². The summed E-state index contributed by atoms with van der Waals surface area (Å²) in [7, 11) is 0. The molecule has 0 radical (unpaired) electrons. The van der Waals surface area contributed by atoms with Gasteiger partial charge in [-0.2, -0.15) is 0 Å². The third-order valence-electron chi connectivity index (χ3n) is 6.73. The number of halogens is 1. The Morgan fingerprint density at radius 3 is 2.53 bits per heavy atom. The van der Waals surface area contributed by atoms with Gasteiger partial charge >= 0.3 is 0 Å². The van der Waals surface area contributed by atoms with E-state index in [1.807, 2.05) is 0 Å². The first-order chi connectivity index (χ1) is 14.8. The van der Waals surface area contributed by atoms with Crippen molar-refractivity contribution in [2.45, 2.75) is 38.5 Å². The smallest absolute Gasteiger partial charge is 0.119 e. The summed E-state index contributed by atoms with van der Waals surface area (Å²) < 4.78 is 7.49. The number of hydrogen-bond acceptors (Lipinski definition) is 3. The first-order valence-corrected chi connectivity index (χ1v) is 12.6. The van der Waals surface area contributed by atoms with Gasteiger partial charge in [0.05, 0.1) is 6.61 Å². The highest BCUT2D eigenvalue weighted by Gasteiger charge is 2.24. The largest absolute Gasteiger partial charge is 0.494 e. The van der Waals surface area contributed by atoms with Gasteiger partial charge in [-0.3, -0.25) is 0 Å². The molecule has 0 aromatic heterocycles. The zero-order chi connectivity index (χ0) is 20.3. The Bertz CT molecular complexity index is 1010. The van der Waals surface area contributed by atoms with Crippen LogP contribution in [0.2, 0.25) is 0 Å². The maximum atomic E-state index is 6.20. The molecule has 4 heteroatoms. The third-order valence-corrected chi connectivity index (χ3v) is 7.45. The van der Waals surface area contributed by atoms with Crippen molar-refractivity contribution in [2.24, 2.45) is 0 Å². The number of hydrogen-bond donors (Lipinski definition) is 0. The molecule has 0 N–H and O–H groups in total. The Morgan fingerprint density at radius 1 is 0.867 bits per heavy atom. The Morgan fingerprint density at radius 2 is 1.70 bits per heavy atom. The SMILES string of the molecule is Ic1ccc(C2=c3ccc(OCCCN4CCCCC4)cc3=C3CCCN3C2)cc1. The Balaban J connectivity index is 1.38. The van der Waals surface area contributed by atoms with E-state index in [0.717, 1.165) is 25.3 Å². The summed E-state index contributed by atoms with van der Waals surface area (Å²) in [6.07, 6.45) is 7.68. The van der Waals surface area contributed by atoms with E-state index < -0.39 is 0 Å². The summed E-state index contributed by atoms with van der Waals surface area (Å²) in [5.41, 5.74) is 4.31. The number of likely N-dealkylation sites (tertiary alicyclic amines) is 1. The average Bonchev–Trinajstić information content (AvgIpc) is 3.26. The molecule has 3 nitrogen and oxygen atoms in total. The van der Waals surface area contributed by atoms with E-state index in [1.165, 1.54) is 89.1 Å². The van der Waals surface area contributed by atoms with Crippen LogP contribution in [-0.2, 0) is 0 Å². The summed E-state index contributed by atoms with van der Waals surface area (Å²) in [4.78, 5) is 5.17. The van der Waals surface area contributed by atoms with Crippen LogP contribution in [0.15, 0.2) is 42.5 Å². The molecule has 0 bridgehead atoms. The number of ether oxygens (including phenoxy) is 1. The van der Waals surface area contributed by atoms with Crippen LogP contribution in [-0.4, -0.2) is 49.1 Å². The van der Waals surface area contributed by atoms with Crippen LogP contribution in [0.4, 0.5) is 0 Å². The lowest BCUT2D eigenvalue weighted by molar-refractivity contribution is 0.205. The molecule has 2 aromatic carbocycles. The Hall–Kier alpha value is -1.53. The zero-order valence-electron chi connectivity index (χ0n) is 17.7. The van der Waals surface area contributed by atoms with E-state index in [2.05, 4.69) is 74.9 Å². The van der Waals surface area contributed by atoms with Crippen LogP contribution in [0, 0.1) is 3.57 Å². The predicted molar refractivity (Wildman–Crippen MR) is 132 cm³/mol. The highest BCUT2D eigenvalue weighted by molar-refractivity contribution is 14.1. The van der Waals surface area contributed by atoms with Crippen molar-refractivity contribution in [1.29, 1.82) is 0 Å². The van der Waals surface area contributed by atoms with E-state index >= 15 is 0 Å². The molecular weight excluding hydrogens is 483 g/mol. The topological polar surface area (TPSA) is 15.7 Å². The Labute approximate surface area is 193 Å². The normalized spacial score (nSPS) is 19.0. The number of piperidine rings is 1. The zero-order valence-corrected chi connectivity index (χ0v) is 19.9. The number of benzene rings is 2. The molecular formula is C26H31IN2O. The summed E-state index contributed by atoms with van der Waals surface area (Å²) in [5.74, 6) is 1.02. The van der Waals surface area contributed by atoms with Crippen LogP contribution >= 0.6 is 22.6 Å². The van der Waals surface area contributed by atoms with Crippen LogP contribution < -0.4 is 15.2 Å². The second kappa shape index (κ2) is 9.31. The summed E-state index contributed by atoms with van der Waals surface area (Å²) in [5, 5.41) is 2.78. The van der Waals surface area contributed by atoms with E-state index in [9.17, 15) is 0 Å². The van der Waals surface area contributed by atoms with E-state index in [-0.39, 0.29) is 0 Å². The molecule has 0 amide bonds. The minimum Gasteiger partial charge on any atom is -0.494 e. The molecule has 30 heavy (non-hydrogen) atoms. The van der Waals surface area contributed by atoms with Gasteiger partial charge in [-0.15, -0.1) is 0 Å². The molecule has 3 aliphatic rings. The molecule has 0 atom stereocenters. The van der Waals surface area contributed by atoms with Crippen LogP contribution in [0.25, 0.3) is 11.3 Å². The molecule has 3 heterocycles.